The van der Waals surface area contributed by atoms with E-state index in [2.05, 4.69) is 15.0 Å². The van der Waals surface area contributed by atoms with Crippen molar-refractivity contribution in [2.45, 2.75) is 37.3 Å². The minimum Gasteiger partial charge on any atom is -0.388 e. The van der Waals surface area contributed by atoms with Crippen LogP contribution in [-0.4, -0.2) is 72.7 Å². The molecular formula is C12H17N5O5. The molecule has 3 heterocycles. The summed E-state index contributed by atoms with van der Waals surface area (Å²) in [6.07, 6.45) is -3.02. The summed E-state index contributed by atoms with van der Waals surface area (Å²) in [6, 6.07) is 0. The number of aromatic nitrogens is 4. The molecule has 3 rings (SSSR count). The fourth-order valence-electron chi connectivity index (χ4n) is 2.49. The van der Waals surface area contributed by atoms with Gasteiger partial charge in [-0.05, 0) is 0 Å². The Balaban J connectivity index is 1.86. The second-order valence-corrected chi connectivity index (χ2v) is 5.08. The van der Waals surface area contributed by atoms with Crippen LogP contribution in [0.5, 0.6) is 0 Å². The largest absolute Gasteiger partial charge is 0.388 e. The zero-order chi connectivity index (χ0) is 15.9. The van der Waals surface area contributed by atoms with Gasteiger partial charge in [0.2, 0.25) is 0 Å². The summed E-state index contributed by atoms with van der Waals surface area (Å²) in [7, 11) is 1.34. The molecule has 2 aromatic heterocycles. The van der Waals surface area contributed by atoms with Gasteiger partial charge in [0, 0.05) is 7.11 Å². The lowest BCUT2D eigenvalue weighted by Gasteiger charge is -2.39. The minimum absolute atomic E-state index is 0.151. The van der Waals surface area contributed by atoms with Crippen LogP contribution in [0.4, 0.5) is 5.82 Å². The van der Waals surface area contributed by atoms with E-state index in [0.29, 0.717) is 11.2 Å². The molecule has 2 aromatic rings. The third kappa shape index (κ3) is 2.40. The van der Waals surface area contributed by atoms with Crippen LogP contribution in [0.1, 0.15) is 0 Å². The smallest absolute Gasteiger partial charge is 0.186 e. The van der Waals surface area contributed by atoms with E-state index >= 15 is 0 Å². The van der Waals surface area contributed by atoms with Gasteiger partial charge < -0.3 is 35.1 Å². The molecular weight excluding hydrogens is 294 g/mol. The second kappa shape index (κ2) is 5.74. The molecule has 1 aliphatic rings. The molecule has 0 aromatic carbocycles. The number of nitrogens with zero attached hydrogens (tertiary/aromatic N) is 4. The van der Waals surface area contributed by atoms with Gasteiger partial charge in [-0.15, -0.1) is 0 Å². The molecule has 5 N–H and O–H groups in total. The Hall–Kier alpha value is -1.85. The van der Waals surface area contributed by atoms with E-state index in [1.54, 1.807) is 4.57 Å². The molecule has 0 aliphatic carbocycles. The number of nitrogens with two attached hydrogens (primary N) is 1. The van der Waals surface area contributed by atoms with Gasteiger partial charge in [0.1, 0.15) is 36.3 Å². The van der Waals surface area contributed by atoms with Gasteiger partial charge in [-0.3, -0.25) is 0 Å². The highest BCUT2D eigenvalue weighted by atomic mass is 16.7. The van der Waals surface area contributed by atoms with Crippen molar-refractivity contribution in [1.82, 2.24) is 19.5 Å². The Morgan fingerprint density at radius 2 is 2.00 bits per heavy atom. The van der Waals surface area contributed by atoms with Gasteiger partial charge in [-0.2, -0.15) is 0 Å². The van der Waals surface area contributed by atoms with E-state index < -0.39 is 30.7 Å². The molecule has 0 bridgehead atoms. The summed E-state index contributed by atoms with van der Waals surface area (Å²) >= 11 is 0. The summed E-state index contributed by atoms with van der Waals surface area (Å²) in [6.45, 7) is 0.151. The monoisotopic (exact) mass is 311 g/mol. The molecule has 0 radical (unpaired) electrons. The maximum Gasteiger partial charge on any atom is 0.186 e. The summed E-state index contributed by atoms with van der Waals surface area (Å²) < 4.78 is 12.1. The first-order chi connectivity index (χ1) is 10.5. The van der Waals surface area contributed by atoms with Crippen LogP contribution in [0, 0.1) is 0 Å². The van der Waals surface area contributed by atoms with Crippen LogP contribution < -0.4 is 5.73 Å². The molecule has 120 valence electrons. The highest BCUT2D eigenvalue weighted by Gasteiger charge is 2.44. The number of methoxy groups -OCH3 is 1. The fourth-order valence-corrected chi connectivity index (χ4v) is 2.49. The number of anilines is 1. The van der Waals surface area contributed by atoms with Crippen molar-refractivity contribution >= 4 is 17.0 Å². The zero-order valence-electron chi connectivity index (χ0n) is 11.8. The van der Waals surface area contributed by atoms with Crippen LogP contribution in [-0.2, 0) is 16.0 Å². The molecule has 0 spiro atoms. The molecule has 1 fully saturated rings. The first-order valence-corrected chi connectivity index (χ1v) is 6.66. The average molecular weight is 311 g/mol. The number of fused-ring (bicyclic) bond motifs is 1. The number of ether oxygens (including phenoxy) is 2. The highest BCUT2D eigenvalue weighted by molar-refractivity contribution is 5.81. The molecule has 5 atom stereocenters. The summed E-state index contributed by atoms with van der Waals surface area (Å²) in [5.41, 5.74) is 6.64. The first kappa shape index (κ1) is 15.1. The number of rotatable bonds is 3. The lowest BCUT2D eigenvalue weighted by molar-refractivity contribution is -0.291. The second-order valence-electron chi connectivity index (χ2n) is 5.08. The van der Waals surface area contributed by atoms with E-state index in [0.717, 1.165) is 0 Å². The molecule has 22 heavy (non-hydrogen) atoms. The van der Waals surface area contributed by atoms with Crippen LogP contribution >= 0.6 is 0 Å². The van der Waals surface area contributed by atoms with Crippen molar-refractivity contribution in [2.24, 2.45) is 0 Å². The Morgan fingerprint density at radius 1 is 1.23 bits per heavy atom. The van der Waals surface area contributed by atoms with Crippen molar-refractivity contribution in [2.75, 3.05) is 12.8 Å². The van der Waals surface area contributed by atoms with E-state index in [1.807, 2.05) is 0 Å². The lowest BCUT2D eigenvalue weighted by Crippen LogP contribution is -2.58. The van der Waals surface area contributed by atoms with Gasteiger partial charge in [0.05, 0.1) is 12.9 Å². The maximum absolute atomic E-state index is 10.1. The van der Waals surface area contributed by atoms with E-state index in [4.69, 9.17) is 15.2 Å². The summed E-state index contributed by atoms with van der Waals surface area (Å²) in [5.74, 6) is 0.249. The molecule has 1 aliphatic heterocycles. The Kier molecular flexibility index (Phi) is 3.93. The Bertz CT molecular complexity index is 662. The van der Waals surface area contributed by atoms with Gasteiger partial charge in [0.25, 0.3) is 0 Å². The Labute approximate surface area is 125 Å². The van der Waals surface area contributed by atoms with Crippen molar-refractivity contribution in [1.29, 1.82) is 0 Å². The van der Waals surface area contributed by atoms with Gasteiger partial charge in [-0.25, -0.2) is 15.0 Å². The normalized spacial score (nSPS) is 32.5. The molecule has 0 amide bonds. The van der Waals surface area contributed by atoms with E-state index in [-0.39, 0.29) is 12.4 Å². The summed E-state index contributed by atoms with van der Waals surface area (Å²) in [4.78, 5) is 12.1. The minimum atomic E-state index is -1.38. The van der Waals surface area contributed by atoms with Crippen LogP contribution in [0.25, 0.3) is 11.2 Å². The average Bonchev–Trinajstić information content (AvgIpc) is 2.92. The van der Waals surface area contributed by atoms with Gasteiger partial charge in [0.15, 0.2) is 17.8 Å². The van der Waals surface area contributed by atoms with Crippen LogP contribution in [0.2, 0.25) is 0 Å². The number of nitrogen functional groups attached to an aromatic ring is 1. The topological polar surface area (TPSA) is 149 Å². The quantitative estimate of drug-likeness (QED) is 0.498. The predicted molar refractivity (Wildman–Crippen MR) is 73.4 cm³/mol. The number of imidazole rings is 1. The first-order valence-electron chi connectivity index (χ1n) is 6.66. The van der Waals surface area contributed by atoms with Crippen LogP contribution in [0.3, 0.4) is 0 Å². The third-order valence-electron chi connectivity index (χ3n) is 3.71. The predicted octanol–water partition coefficient (Wildman–Crippen LogP) is -2.14. The van der Waals surface area contributed by atoms with Crippen molar-refractivity contribution in [3.63, 3.8) is 0 Å². The number of aliphatic hydroxyl groups is 3. The molecule has 10 nitrogen and oxygen atoms in total. The fraction of sp³-hybridized carbons (Fsp3) is 0.583. The molecule has 1 saturated heterocycles. The SMILES string of the molecule is CO[C@H]1O[C@H](Cn2cnc3c(N)ncnc32)[C@@H](O)[C@H](O)[C@H]1O. The van der Waals surface area contributed by atoms with Crippen molar-refractivity contribution < 1.29 is 24.8 Å². The third-order valence-corrected chi connectivity index (χ3v) is 3.71. The maximum atomic E-state index is 10.1. The van der Waals surface area contributed by atoms with E-state index in [1.165, 1.54) is 19.8 Å². The van der Waals surface area contributed by atoms with Crippen molar-refractivity contribution in [3.8, 4) is 0 Å². The zero-order valence-corrected chi connectivity index (χ0v) is 11.8. The van der Waals surface area contributed by atoms with Crippen LogP contribution in [0.15, 0.2) is 12.7 Å². The standard InChI is InChI=1S/C12H17N5O5/c1-21-12-9(20)8(19)7(18)5(22-12)2-17-4-16-6-10(13)14-3-15-11(6)17/h3-5,7-9,12,18-20H,2H2,1H3,(H2,13,14,15)/t5-,7-,8+,9-,12+/m1/s1. The van der Waals surface area contributed by atoms with Crippen molar-refractivity contribution in [3.05, 3.63) is 12.7 Å². The lowest BCUT2D eigenvalue weighted by atomic mass is 9.99. The molecule has 10 heteroatoms. The Morgan fingerprint density at radius 3 is 2.73 bits per heavy atom. The number of aliphatic hydroxyl groups excluding tert-OH is 3. The number of hydrogen-bond donors (Lipinski definition) is 4. The highest BCUT2D eigenvalue weighted by Crippen LogP contribution is 2.24. The molecule has 0 unspecified atom stereocenters. The summed E-state index contributed by atoms with van der Waals surface area (Å²) in [5, 5.41) is 29.7. The number of hydrogen-bond acceptors (Lipinski definition) is 9. The van der Waals surface area contributed by atoms with Gasteiger partial charge in [-0.1, -0.05) is 0 Å². The van der Waals surface area contributed by atoms with E-state index in [9.17, 15) is 15.3 Å². The molecule has 0 saturated carbocycles. The van der Waals surface area contributed by atoms with Gasteiger partial charge >= 0.3 is 0 Å².